The lowest BCUT2D eigenvalue weighted by Crippen LogP contribution is -2.55. The highest BCUT2D eigenvalue weighted by Crippen LogP contribution is 2.57. The van der Waals surface area contributed by atoms with E-state index in [0.717, 1.165) is 23.5 Å². The van der Waals surface area contributed by atoms with E-state index < -0.39 is 17.5 Å². The van der Waals surface area contributed by atoms with Gasteiger partial charge in [-0.1, -0.05) is 47.9 Å². The van der Waals surface area contributed by atoms with Crippen LogP contribution in [0.2, 0.25) is 0 Å². The second kappa shape index (κ2) is 8.68. The van der Waals surface area contributed by atoms with E-state index in [1.54, 1.807) is 17.0 Å². The highest BCUT2D eigenvalue weighted by atomic mass is 32.2. The van der Waals surface area contributed by atoms with Crippen molar-refractivity contribution < 1.29 is 28.6 Å². The maximum atomic E-state index is 12.6. The van der Waals surface area contributed by atoms with E-state index in [1.807, 2.05) is 19.9 Å². The molecule has 0 spiro atoms. The Labute approximate surface area is 194 Å². The Hall–Kier alpha value is -2.30. The van der Waals surface area contributed by atoms with E-state index >= 15 is 0 Å². The molecule has 0 aliphatic carbocycles. The van der Waals surface area contributed by atoms with Gasteiger partial charge in [0.15, 0.2) is 0 Å². The third kappa shape index (κ3) is 3.77. The molecule has 2 aliphatic heterocycles. The van der Waals surface area contributed by atoms with Crippen molar-refractivity contribution in [1.29, 1.82) is 0 Å². The number of thiocarbonyl (C=S) groups is 1. The largest absolute Gasteiger partial charge is 0.495 e. The average Bonchev–Trinajstić information content (AvgIpc) is 3.17. The predicted octanol–water partition coefficient (Wildman–Crippen LogP) is 3.92. The second-order valence-corrected chi connectivity index (χ2v) is 9.81. The van der Waals surface area contributed by atoms with Crippen molar-refractivity contribution in [2.45, 2.75) is 26.3 Å². The smallest absolute Gasteiger partial charge is 0.346 e. The third-order valence-corrected chi connectivity index (χ3v) is 8.17. The molecule has 1 aromatic rings. The molecule has 164 valence electrons. The Morgan fingerprint density at radius 2 is 1.55 bits per heavy atom. The number of thioether (sulfide) groups is 2. The van der Waals surface area contributed by atoms with Gasteiger partial charge in [0.2, 0.25) is 5.91 Å². The van der Waals surface area contributed by atoms with Crippen molar-refractivity contribution in [2.75, 3.05) is 26.2 Å². The van der Waals surface area contributed by atoms with Gasteiger partial charge in [0, 0.05) is 18.1 Å². The van der Waals surface area contributed by atoms with Crippen LogP contribution in [0.4, 0.5) is 5.69 Å². The number of rotatable bonds is 3. The topological polar surface area (TPSA) is 82.1 Å². The number of benzene rings is 1. The molecule has 0 fully saturated rings. The Morgan fingerprint density at radius 1 is 1.00 bits per heavy atom. The molecule has 0 radical (unpaired) electrons. The summed E-state index contributed by atoms with van der Waals surface area (Å²) in [7, 11) is 4.03. The number of carbonyl (C=O) groups excluding carboxylic acids is 3. The monoisotopic (exact) mass is 479 g/mol. The highest BCUT2D eigenvalue weighted by Gasteiger charge is 2.46. The third-order valence-electron chi connectivity index (χ3n) is 4.91. The molecule has 1 amide bonds. The van der Waals surface area contributed by atoms with Gasteiger partial charge < -0.3 is 14.2 Å². The van der Waals surface area contributed by atoms with Crippen LogP contribution in [0.5, 0.6) is 5.75 Å². The van der Waals surface area contributed by atoms with Gasteiger partial charge in [-0.25, -0.2) is 9.59 Å². The van der Waals surface area contributed by atoms with Crippen LogP contribution < -0.4 is 9.64 Å². The van der Waals surface area contributed by atoms with Gasteiger partial charge in [-0.15, -0.1) is 0 Å². The molecular weight excluding hydrogens is 458 g/mol. The number of nitrogens with zero attached hydrogens (tertiary/aromatic N) is 1. The summed E-state index contributed by atoms with van der Waals surface area (Å²) in [5.41, 5.74) is 1.09. The number of fused-ring (bicyclic) bond motifs is 1. The zero-order valence-electron chi connectivity index (χ0n) is 17.9. The highest BCUT2D eigenvalue weighted by molar-refractivity contribution is 8.29. The van der Waals surface area contributed by atoms with Gasteiger partial charge in [-0.05, 0) is 19.9 Å². The van der Waals surface area contributed by atoms with Gasteiger partial charge in [0.1, 0.15) is 15.6 Å². The maximum absolute atomic E-state index is 12.6. The molecule has 0 saturated heterocycles. The van der Waals surface area contributed by atoms with Gasteiger partial charge in [0.05, 0.1) is 41.7 Å². The first-order valence-electron chi connectivity index (χ1n) is 9.13. The molecule has 2 heterocycles. The lowest BCUT2D eigenvalue weighted by molar-refractivity contribution is -0.138. The molecule has 1 aromatic carbocycles. The number of methoxy groups -OCH3 is 3. The summed E-state index contributed by atoms with van der Waals surface area (Å²) in [6.07, 6.45) is 0. The van der Waals surface area contributed by atoms with E-state index in [1.165, 1.54) is 28.3 Å². The summed E-state index contributed by atoms with van der Waals surface area (Å²) in [5.74, 6) is -0.933. The van der Waals surface area contributed by atoms with Crippen LogP contribution in [0, 0.1) is 0 Å². The van der Waals surface area contributed by atoms with Gasteiger partial charge in [-0.2, -0.15) is 0 Å². The van der Waals surface area contributed by atoms with Crippen LogP contribution in [0.3, 0.4) is 0 Å². The number of ether oxygens (including phenoxy) is 3. The summed E-state index contributed by atoms with van der Waals surface area (Å²) in [6, 6.07) is 5.42. The zero-order chi connectivity index (χ0) is 23.1. The number of carbonyl (C=O) groups is 3. The minimum atomic E-state index is -0.855. The van der Waals surface area contributed by atoms with E-state index in [4.69, 9.17) is 26.4 Å². The number of anilines is 1. The molecule has 0 unspecified atom stereocenters. The van der Waals surface area contributed by atoms with Gasteiger partial charge >= 0.3 is 11.9 Å². The van der Waals surface area contributed by atoms with Crippen molar-refractivity contribution >= 4 is 69.7 Å². The molecule has 0 bridgehead atoms. The Morgan fingerprint density at radius 3 is 2.00 bits per heavy atom. The fraction of sp³-hybridized carbons (Fsp3) is 0.333. The molecule has 0 atom stereocenters. The average molecular weight is 480 g/mol. The molecule has 7 nitrogen and oxygen atoms in total. The Kier molecular flexibility index (Phi) is 6.54. The minimum Gasteiger partial charge on any atom is -0.495 e. The first kappa shape index (κ1) is 23.4. The van der Waals surface area contributed by atoms with Crippen LogP contribution in [-0.2, 0) is 23.9 Å². The number of hydrogen-bond donors (Lipinski definition) is 0. The minimum absolute atomic E-state index is 0.140. The Bertz CT molecular complexity index is 1040. The first-order valence-corrected chi connectivity index (χ1v) is 11.2. The maximum Gasteiger partial charge on any atom is 0.346 e. The number of esters is 2. The lowest BCUT2D eigenvalue weighted by atomic mass is 9.83. The van der Waals surface area contributed by atoms with Crippen LogP contribution >= 0.6 is 35.7 Å². The fourth-order valence-corrected chi connectivity index (χ4v) is 6.57. The Balaban J connectivity index is 2.30. The van der Waals surface area contributed by atoms with Gasteiger partial charge in [0.25, 0.3) is 0 Å². The molecule has 2 aliphatic rings. The van der Waals surface area contributed by atoms with Crippen LogP contribution in [-0.4, -0.2) is 49.6 Å². The van der Waals surface area contributed by atoms with E-state index in [-0.39, 0.29) is 15.7 Å². The quantitative estimate of drug-likeness (QED) is 0.364. The summed E-state index contributed by atoms with van der Waals surface area (Å²) >= 11 is 8.06. The molecule has 0 saturated carbocycles. The van der Waals surface area contributed by atoms with Crippen LogP contribution in [0.15, 0.2) is 32.2 Å². The fourth-order valence-electron chi connectivity index (χ4n) is 3.54. The van der Waals surface area contributed by atoms with Crippen molar-refractivity contribution in [3.05, 3.63) is 37.8 Å². The molecule has 10 heteroatoms. The molecule has 3 rings (SSSR count). The predicted molar refractivity (Wildman–Crippen MR) is 126 cm³/mol. The zero-order valence-corrected chi connectivity index (χ0v) is 20.3. The lowest BCUT2D eigenvalue weighted by Gasteiger charge is -2.45. The van der Waals surface area contributed by atoms with Gasteiger partial charge in [-0.3, -0.25) is 9.69 Å². The van der Waals surface area contributed by atoms with Crippen LogP contribution in [0.25, 0.3) is 5.57 Å². The van der Waals surface area contributed by atoms with E-state index in [0.29, 0.717) is 31.7 Å². The summed E-state index contributed by atoms with van der Waals surface area (Å²) in [6.45, 7) is 5.18. The van der Waals surface area contributed by atoms with E-state index in [9.17, 15) is 14.4 Å². The molecule has 31 heavy (non-hydrogen) atoms. The van der Waals surface area contributed by atoms with Crippen molar-refractivity contribution in [3.63, 3.8) is 0 Å². The first-order chi connectivity index (χ1) is 14.6. The summed E-state index contributed by atoms with van der Waals surface area (Å²) in [5, 5.41) is 0. The molecular formula is C21H21NO6S3. The standard InChI is InChI=1S/C21H21NO6S3/c1-10(23)22-14-11(8-7-9-12(14)26-4)13(17(29)21(22,2)3)20-30-15(18(24)27-5)16(31-20)19(25)28-6/h7-9H,1-6H3. The number of para-hydroxylation sites is 1. The van der Waals surface area contributed by atoms with E-state index in [2.05, 4.69) is 0 Å². The molecule has 0 N–H and O–H groups in total. The number of amides is 1. The van der Waals surface area contributed by atoms with Crippen molar-refractivity contribution in [1.82, 2.24) is 0 Å². The van der Waals surface area contributed by atoms with Crippen molar-refractivity contribution in [2.24, 2.45) is 0 Å². The summed E-state index contributed by atoms with van der Waals surface area (Å²) < 4.78 is 15.9. The normalized spacial score (nSPS) is 17.5. The molecule has 0 aromatic heterocycles. The number of hydrogen-bond acceptors (Lipinski definition) is 9. The SMILES string of the molecule is COC(=O)C1=C(C(=O)OC)SC(=C2C(=S)C(C)(C)N(C(C)=O)c3c(OC)cccc32)S1. The van der Waals surface area contributed by atoms with Crippen LogP contribution in [0.1, 0.15) is 26.3 Å². The van der Waals surface area contributed by atoms with Crippen molar-refractivity contribution in [3.8, 4) is 5.75 Å². The second-order valence-electron chi connectivity index (χ2n) is 7.11. The summed E-state index contributed by atoms with van der Waals surface area (Å²) in [4.78, 5) is 39.7.